The van der Waals surface area contributed by atoms with Crippen molar-refractivity contribution >= 4 is 23.2 Å². The summed E-state index contributed by atoms with van der Waals surface area (Å²) in [5.41, 5.74) is 2.97. The van der Waals surface area contributed by atoms with Crippen LogP contribution >= 0.6 is 11.6 Å². The molecule has 0 bridgehead atoms. The lowest BCUT2D eigenvalue weighted by molar-refractivity contribution is 0.0939. The SMILES string of the molecule is Cc1cnc2c(Cl)c(C(=O)N[C@H](C)C3=CCCCC3)nn2c1. The molecule has 116 valence electrons. The second kappa shape index (κ2) is 6.08. The monoisotopic (exact) mass is 318 g/mol. The third-order valence-corrected chi connectivity index (χ3v) is 4.34. The molecule has 1 aliphatic rings. The highest BCUT2D eigenvalue weighted by Crippen LogP contribution is 2.23. The van der Waals surface area contributed by atoms with Gasteiger partial charge in [0.1, 0.15) is 5.02 Å². The summed E-state index contributed by atoms with van der Waals surface area (Å²) in [6, 6.07) is 0.00312. The summed E-state index contributed by atoms with van der Waals surface area (Å²) in [6.45, 7) is 3.92. The molecule has 2 heterocycles. The van der Waals surface area contributed by atoms with Crippen LogP contribution in [0.2, 0.25) is 5.02 Å². The Hall–Kier alpha value is -1.88. The number of carbonyl (C=O) groups excluding carboxylic acids is 1. The quantitative estimate of drug-likeness (QED) is 0.883. The fourth-order valence-corrected chi connectivity index (χ4v) is 3.02. The van der Waals surface area contributed by atoms with Crippen LogP contribution in [0.5, 0.6) is 0 Å². The molecular formula is C16H19ClN4O. The van der Waals surface area contributed by atoms with E-state index < -0.39 is 0 Å². The molecule has 0 aromatic carbocycles. The lowest BCUT2D eigenvalue weighted by atomic mass is 9.95. The Kier molecular flexibility index (Phi) is 4.16. The van der Waals surface area contributed by atoms with Crippen LogP contribution in [-0.4, -0.2) is 26.5 Å². The maximum Gasteiger partial charge on any atom is 0.273 e. The third kappa shape index (κ3) is 2.86. The topological polar surface area (TPSA) is 59.3 Å². The molecule has 1 atom stereocenters. The van der Waals surface area contributed by atoms with Crippen LogP contribution in [0.15, 0.2) is 24.0 Å². The molecule has 22 heavy (non-hydrogen) atoms. The highest BCUT2D eigenvalue weighted by molar-refractivity contribution is 6.36. The number of nitrogens with zero attached hydrogens (tertiary/aromatic N) is 3. The van der Waals surface area contributed by atoms with Gasteiger partial charge in [0.15, 0.2) is 11.3 Å². The Morgan fingerprint density at radius 1 is 1.45 bits per heavy atom. The second-order valence-electron chi connectivity index (χ2n) is 5.78. The van der Waals surface area contributed by atoms with E-state index >= 15 is 0 Å². The van der Waals surface area contributed by atoms with Gasteiger partial charge in [-0.05, 0) is 45.1 Å². The van der Waals surface area contributed by atoms with Gasteiger partial charge in [0.25, 0.3) is 5.91 Å². The maximum absolute atomic E-state index is 12.4. The van der Waals surface area contributed by atoms with Gasteiger partial charge in [0, 0.05) is 18.4 Å². The maximum atomic E-state index is 12.4. The normalized spacial score (nSPS) is 16.4. The Morgan fingerprint density at radius 3 is 3.00 bits per heavy atom. The van der Waals surface area contributed by atoms with Crippen LogP contribution in [-0.2, 0) is 0 Å². The summed E-state index contributed by atoms with van der Waals surface area (Å²) in [5, 5.41) is 7.54. The van der Waals surface area contributed by atoms with E-state index in [1.807, 2.05) is 13.8 Å². The fourth-order valence-electron chi connectivity index (χ4n) is 2.76. The number of hydrogen-bond donors (Lipinski definition) is 1. The first-order chi connectivity index (χ1) is 10.6. The number of nitrogens with one attached hydrogen (secondary N) is 1. The molecule has 0 saturated heterocycles. The predicted octanol–water partition coefficient (Wildman–Crippen LogP) is 3.31. The van der Waals surface area contributed by atoms with Crippen LogP contribution < -0.4 is 5.32 Å². The molecule has 0 spiro atoms. The van der Waals surface area contributed by atoms with Crippen LogP contribution in [0.4, 0.5) is 0 Å². The van der Waals surface area contributed by atoms with Gasteiger partial charge in [0.2, 0.25) is 0 Å². The van der Waals surface area contributed by atoms with Crippen molar-refractivity contribution in [2.75, 3.05) is 0 Å². The van der Waals surface area contributed by atoms with E-state index in [0.29, 0.717) is 10.7 Å². The zero-order valence-corrected chi connectivity index (χ0v) is 13.5. The summed E-state index contributed by atoms with van der Waals surface area (Å²) in [6.07, 6.45) is 10.3. The van der Waals surface area contributed by atoms with E-state index in [1.54, 1.807) is 16.9 Å². The summed E-state index contributed by atoms with van der Waals surface area (Å²) in [4.78, 5) is 16.7. The van der Waals surface area contributed by atoms with Gasteiger partial charge >= 0.3 is 0 Å². The van der Waals surface area contributed by atoms with Gasteiger partial charge in [-0.3, -0.25) is 4.79 Å². The minimum atomic E-state index is -0.257. The molecular weight excluding hydrogens is 300 g/mol. The Balaban J connectivity index is 1.83. The molecule has 5 nitrogen and oxygen atoms in total. The number of aromatic nitrogens is 3. The first-order valence-electron chi connectivity index (χ1n) is 7.56. The molecule has 2 aromatic rings. The van der Waals surface area contributed by atoms with Gasteiger partial charge in [-0.25, -0.2) is 9.50 Å². The van der Waals surface area contributed by atoms with E-state index in [-0.39, 0.29) is 17.6 Å². The molecule has 0 radical (unpaired) electrons. The van der Waals surface area contributed by atoms with E-state index in [1.165, 1.54) is 18.4 Å². The zero-order valence-electron chi connectivity index (χ0n) is 12.8. The number of halogens is 1. The summed E-state index contributed by atoms with van der Waals surface area (Å²) in [7, 11) is 0. The molecule has 0 fully saturated rings. The number of amides is 1. The average molecular weight is 319 g/mol. The lowest BCUT2D eigenvalue weighted by Gasteiger charge is -2.20. The molecule has 2 aromatic heterocycles. The lowest BCUT2D eigenvalue weighted by Crippen LogP contribution is -2.34. The molecule has 1 aliphatic carbocycles. The van der Waals surface area contributed by atoms with E-state index in [4.69, 9.17) is 11.6 Å². The Labute approximate surface area is 134 Å². The first kappa shape index (κ1) is 15.0. The molecule has 0 unspecified atom stereocenters. The number of carbonyl (C=O) groups is 1. The van der Waals surface area contributed by atoms with Crippen molar-refractivity contribution in [3.05, 3.63) is 40.3 Å². The highest BCUT2D eigenvalue weighted by atomic mass is 35.5. The number of rotatable bonds is 3. The van der Waals surface area contributed by atoms with Gasteiger partial charge < -0.3 is 5.32 Å². The minimum absolute atomic E-state index is 0.00312. The third-order valence-electron chi connectivity index (χ3n) is 3.99. The van der Waals surface area contributed by atoms with Crippen molar-refractivity contribution in [1.29, 1.82) is 0 Å². The average Bonchev–Trinajstić information content (AvgIpc) is 2.84. The van der Waals surface area contributed by atoms with Crippen LogP contribution in [0.3, 0.4) is 0 Å². The van der Waals surface area contributed by atoms with Crippen LogP contribution in [0.25, 0.3) is 5.65 Å². The van der Waals surface area contributed by atoms with E-state index in [9.17, 15) is 4.79 Å². The van der Waals surface area contributed by atoms with Crippen molar-refractivity contribution in [2.24, 2.45) is 0 Å². The van der Waals surface area contributed by atoms with Crippen molar-refractivity contribution in [3.8, 4) is 0 Å². The minimum Gasteiger partial charge on any atom is -0.344 e. The van der Waals surface area contributed by atoms with Crippen LogP contribution in [0, 0.1) is 6.92 Å². The predicted molar refractivity (Wildman–Crippen MR) is 86.2 cm³/mol. The van der Waals surface area contributed by atoms with Crippen molar-refractivity contribution in [3.63, 3.8) is 0 Å². The first-order valence-corrected chi connectivity index (χ1v) is 7.94. The van der Waals surface area contributed by atoms with Gasteiger partial charge in [-0.1, -0.05) is 23.3 Å². The van der Waals surface area contributed by atoms with Crippen molar-refractivity contribution in [1.82, 2.24) is 19.9 Å². The molecule has 0 aliphatic heterocycles. The highest BCUT2D eigenvalue weighted by Gasteiger charge is 2.21. The van der Waals surface area contributed by atoms with Gasteiger partial charge in [-0.2, -0.15) is 5.10 Å². The van der Waals surface area contributed by atoms with Crippen molar-refractivity contribution in [2.45, 2.75) is 45.6 Å². The Bertz CT molecular complexity index is 750. The summed E-state index contributed by atoms with van der Waals surface area (Å²) < 4.78 is 1.55. The molecule has 3 rings (SSSR count). The smallest absolute Gasteiger partial charge is 0.273 e. The van der Waals surface area contributed by atoms with Crippen molar-refractivity contribution < 1.29 is 4.79 Å². The number of fused-ring (bicyclic) bond motifs is 1. The van der Waals surface area contributed by atoms with Gasteiger partial charge in [-0.15, -0.1) is 0 Å². The Morgan fingerprint density at radius 2 is 2.27 bits per heavy atom. The van der Waals surface area contributed by atoms with E-state index in [2.05, 4.69) is 21.5 Å². The zero-order chi connectivity index (χ0) is 15.7. The molecule has 1 amide bonds. The summed E-state index contributed by atoms with van der Waals surface area (Å²) in [5.74, 6) is -0.257. The number of allylic oxidation sites excluding steroid dienone is 1. The number of aryl methyl sites for hydroxylation is 1. The molecule has 1 N–H and O–H groups in total. The standard InChI is InChI=1S/C16H19ClN4O/c1-10-8-18-15-13(17)14(20-21(15)9-10)16(22)19-11(2)12-6-4-3-5-7-12/h6,8-9,11H,3-5,7H2,1-2H3,(H,19,22)/t11-/m1/s1. The van der Waals surface area contributed by atoms with E-state index in [0.717, 1.165) is 18.4 Å². The summed E-state index contributed by atoms with van der Waals surface area (Å²) >= 11 is 6.25. The van der Waals surface area contributed by atoms with Crippen LogP contribution in [0.1, 0.15) is 48.7 Å². The van der Waals surface area contributed by atoms with Gasteiger partial charge in [0.05, 0.1) is 0 Å². The largest absolute Gasteiger partial charge is 0.344 e. The fraction of sp³-hybridized carbons (Fsp3) is 0.438. The number of hydrogen-bond acceptors (Lipinski definition) is 3. The molecule has 0 saturated carbocycles. The molecule has 6 heteroatoms. The second-order valence-corrected chi connectivity index (χ2v) is 6.16.